The van der Waals surface area contributed by atoms with Crippen molar-refractivity contribution in [3.8, 4) is 11.5 Å². The molecule has 0 unspecified atom stereocenters. The van der Waals surface area contributed by atoms with E-state index < -0.39 is 0 Å². The predicted octanol–water partition coefficient (Wildman–Crippen LogP) is 1.27. The standard InChI is InChI=1S/C11H9NO3/c1-12-5-8-3-10-9(14-6-15-10)2-7(8)4-11(12)13/h2-5H,6H2,1H3. The molecule has 2 heterocycles. The molecule has 0 aliphatic carbocycles. The van der Waals surface area contributed by atoms with Gasteiger partial charge in [-0.05, 0) is 17.5 Å². The molecule has 0 saturated carbocycles. The molecule has 0 amide bonds. The fourth-order valence-electron chi connectivity index (χ4n) is 1.72. The molecule has 4 heteroatoms. The average Bonchev–Trinajstić information content (AvgIpc) is 2.63. The fourth-order valence-corrected chi connectivity index (χ4v) is 1.72. The number of fused-ring (bicyclic) bond motifs is 2. The summed E-state index contributed by atoms with van der Waals surface area (Å²) in [5, 5.41) is 1.85. The van der Waals surface area contributed by atoms with E-state index in [1.54, 1.807) is 23.9 Å². The van der Waals surface area contributed by atoms with Gasteiger partial charge >= 0.3 is 0 Å². The summed E-state index contributed by atoms with van der Waals surface area (Å²) in [4.78, 5) is 11.4. The van der Waals surface area contributed by atoms with E-state index >= 15 is 0 Å². The summed E-state index contributed by atoms with van der Waals surface area (Å²) in [6.45, 7) is 0.252. The molecule has 2 aromatic rings. The highest BCUT2D eigenvalue weighted by atomic mass is 16.7. The molecule has 0 bridgehead atoms. The van der Waals surface area contributed by atoms with Gasteiger partial charge in [0, 0.05) is 24.7 Å². The number of aryl methyl sites for hydroxylation is 1. The zero-order valence-electron chi connectivity index (χ0n) is 8.19. The molecule has 15 heavy (non-hydrogen) atoms. The van der Waals surface area contributed by atoms with Gasteiger partial charge < -0.3 is 14.0 Å². The maximum absolute atomic E-state index is 11.4. The molecule has 0 atom stereocenters. The van der Waals surface area contributed by atoms with Crippen molar-refractivity contribution in [2.24, 2.45) is 7.05 Å². The van der Waals surface area contributed by atoms with Gasteiger partial charge in [-0.15, -0.1) is 0 Å². The van der Waals surface area contributed by atoms with Crippen molar-refractivity contribution in [2.75, 3.05) is 6.79 Å². The molecular weight excluding hydrogens is 194 g/mol. The van der Waals surface area contributed by atoms with Crippen LogP contribution in [0.5, 0.6) is 11.5 Å². The molecule has 3 rings (SSSR count). The highest BCUT2D eigenvalue weighted by molar-refractivity contribution is 5.85. The predicted molar refractivity (Wildman–Crippen MR) is 55.3 cm³/mol. The lowest BCUT2D eigenvalue weighted by molar-refractivity contribution is 0.174. The Hall–Kier alpha value is -1.97. The number of nitrogens with zero attached hydrogens (tertiary/aromatic N) is 1. The lowest BCUT2D eigenvalue weighted by atomic mass is 10.1. The van der Waals surface area contributed by atoms with E-state index in [-0.39, 0.29) is 12.4 Å². The minimum absolute atomic E-state index is 0.0265. The average molecular weight is 203 g/mol. The highest BCUT2D eigenvalue weighted by Gasteiger charge is 2.14. The van der Waals surface area contributed by atoms with E-state index in [0.29, 0.717) is 5.75 Å². The van der Waals surface area contributed by atoms with E-state index in [4.69, 9.17) is 9.47 Å². The van der Waals surface area contributed by atoms with Crippen molar-refractivity contribution in [1.29, 1.82) is 0 Å². The number of hydrogen-bond acceptors (Lipinski definition) is 3. The van der Waals surface area contributed by atoms with E-state index in [1.807, 2.05) is 12.1 Å². The van der Waals surface area contributed by atoms with Crippen LogP contribution < -0.4 is 15.0 Å². The minimum Gasteiger partial charge on any atom is -0.454 e. The second kappa shape index (κ2) is 2.76. The molecule has 0 N–H and O–H groups in total. The zero-order chi connectivity index (χ0) is 10.4. The van der Waals surface area contributed by atoms with Crippen LogP contribution >= 0.6 is 0 Å². The summed E-state index contributed by atoms with van der Waals surface area (Å²) < 4.78 is 12.1. The maximum atomic E-state index is 11.4. The highest BCUT2D eigenvalue weighted by Crippen LogP contribution is 2.35. The van der Waals surface area contributed by atoms with E-state index in [2.05, 4.69) is 0 Å². The Bertz CT molecular complexity index is 601. The summed E-state index contributed by atoms with van der Waals surface area (Å²) in [7, 11) is 1.73. The van der Waals surface area contributed by atoms with Gasteiger partial charge in [-0.3, -0.25) is 4.79 Å². The fraction of sp³-hybridized carbons (Fsp3) is 0.182. The first-order chi connectivity index (χ1) is 7.24. The van der Waals surface area contributed by atoms with Gasteiger partial charge in [-0.2, -0.15) is 0 Å². The topological polar surface area (TPSA) is 40.5 Å². The van der Waals surface area contributed by atoms with E-state index in [0.717, 1.165) is 16.5 Å². The van der Waals surface area contributed by atoms with E-state index in [1.165, 1.54) is 0 Å². The molecular formula is C11H9NO3. The van der Waals surface area contributed by atoms with Crippen LogP contribution in [0.25, 0.3) is 10.8 Å². The van der Waals surface area contributed by atoms with Gasteiger partial charge in [-0.1, -0.05) is 0 Å². The first-order valence-corrected chi connectivity index (χ1v) is 4.64. The van der Waals surface area contributed by atoms with Crippen LogP contribution in [0.2, 0.25) is 0 Å². The van der Waals surface area contributed by atoms with Crippen LogP contribution in [0.1, 0.15) is 0 Å². The summed E-state index contributed by atoms with van der Waals surface area (Å²) >= 11 is 0. The third-order valence-corrected chi connectivity index (χ3v) is 2.54. The van der Waals surface area contributed by atoms with Crippen LogP contribution in [0.3, 0.4) is 0 Å². The van der Waals surface area contributed by atoms with Crippen molar-refractivity contribution in [3.05, 3.63) is 34.7 Å². The quantitative estimate of drug-likeness (QED) is 0.647. The second-order valence-electron chi connectivity index (χ2n) is 3.56. The molecule has 4 nitrogen and oxygen atoms in total. The molecule has 0 fully saturated rings. The van der Waals surface area contributed by atoms with Gasteiger partial charge in [0.05, 0.1) is 0 Å². The number of rotatable bonds is 0. The smallest absolute Gasteiger partial charge is 0.250 e. The lowest BCUT2D eigenvalue weighted by Gasteiger charge is -2.02. The molecule has 76 valence electrons. The molecule has 1 aromatic carbocycles. The van der Waals surface area contributed by atoms with Crippen molar-refractivity contribution in [2.45, 2.75) is 0 Å². The number of aromatic nitrogens is 1. The Kier molecular flexibility index (Phi) is 1.54. The molecule has 0 saturated heterocycles. The van der Waals surface area contributed by atoms with Crippen LogP contribution in [-0.2, 0) is 7.05 Å². The van der Waals surface area contributed by atoms with Crippen molar-refractivity contribution in [1.82, 2.24) is 4.57 Å². The maximum Gasteiger partial charge on any atom is 0.250 e. The minimum atomic E-state index is -0.0265. The second-order valence-corrected chi connectivity index (χ2v) is 3.56. The summed E-state index contributed by atoms with van der Waals surface area (Å²) in [5.74, 6) is 1.44. The van der Waals surface area contributed by atoms with Crippen LogP contribution in [-0.4, -0.2) is 11.4 Å². The van der Waals surface area contributed by atoms with Crippen molar-refractivity contribution < 1.29 is 9.47 Å². The van der Waals surface area contributed by atoms with Crippen molar-refractivity contribution in [3.63, 3.8) is 0 Å². The molecule has 1 aromatic heterocycles. The Morgan fingerprint density at radius 3 is 2.53 bits per heavy atom. The first kappa shape index (κ1) is 8.35. The number of ether oxygens (including phenoxy) is 2. The van der Waals surface area contributed by atoms with E-state index in [9.17, 15) is 4.79 Å². The molecule has 0 radical (unpaired) electrons. The molecule has 1 aliphatic heterocycles. The SMILES string of the molecule is Cn1cc2cc3c(cc2cc1=O)OCO3. The zero-order valence-corrected chi connectivity index (χ0v) is 8.19. The molecule has 0 spiro atoms. The summed E-state index contributed by atoms with van der Waals surface area (Å²) in [6.07, 6.45) is 1.79. The number of pyridine rings is 1. The number of benzene rings is 1. The lowest BCUT2D eigenvalue weighted by Crippen LogP contribution is -2.13. The normalized spacial score (nSPS) is 13.4. The summed E-state index contributed by atoms with van der Waals surface area (Å²) in [5.41, 5.74) is -0.0265. The summed E-state index contributed by atoms with van der Waals surface area (Å²) in [6, 6.07) is 5.31. The Labute approximate surface area is 85.7 Å². The third-order valence-electron chi connectivity index (χ3n) is 2.54. The first-order valence-electron chi connectivity index (χ1n) is 4.64. The third kappa shape index (κ3) is 1.18. The van der Waals surface area contributed by atoms with Gasteiger partial charge in [0.1, 0.15) is 0 Å². The monoisotopic (exact) mass is 203 g/mol. The Balaban J connectivity index is 2.38. The Morgan fingerprint density at radius 2 is 1.80 bits per heavy atom. The van der Waals surface area contributed by atoms with Gasteiger partial charge in [0.2, 0.25) is 6.79 Å². The van der Waals surface area contributed by atoms with Crippen LogP contribution in [0.4, 0.5) is 0 Å². The largest absolute Gasteiger partial charge is 0.454 e. The van der Waals surface area contributed by atoms with Gasteiger partial charge in [-0.25, -0.2) is 0 Å². The van der Waals surface area contributed by atoms with Gasteiger partial charge in [0.25, 0.3) is 5.56 Å². The van der Waals surface area contributed by atoms with Crippen LogP contribution in [0.15, 0.2) is 29.2 Å². The Morgan fingerprint density at radius 1 is 1.13 bits per heavy atom. The van der Waals surface area contributed by atoms with Crippen LogP contribution in [0, 0.1) is 0 Å². The molecule has 1 aliphatic rings. The van der Waals surface area contributed by atoms with Gasteiger partial charge in [0.15, 0.2) is 11.5 Å². The number of hydrogen-bond donors (Lipinski definition) is 0. The van der Waals surface area contributed by atoms with Crippen molar-refractivity contribution >= 4 is 10.8 Å².